The first-order chi connectivity index (χ1) is 7.73. The Morgan fingerprint density at radius 2 is 1.71 bits per heavy atom. The van der Waals surface area contributed by atoms with E-state index < -0.39 is 15.1 Å². The van der Waals surface area contributed by atoms with Crippen molar-refractivity contribution < 1.29 is 8.42 Å². The SMILES string of the molecule is CC(CNC(C)(C)C)S(=O)(=O)c1ccccc1. The van der Waals surface area contributed by atoms with Gasteiger partial charge >= 0.3 is 0 Å². The van der Waals surface area contributed by atoms with Gasteiger partial charge in [0.05, 0.1) is 10.1 Å². The number of hydrogen-bond acceptors (Lipinski definition) is 3. The molecule has 0 fully saturated rings. The molecule has 1 unspecified atom stereocenters. The van der Waals surface area contributed by atoms with Crippen molar-refractivity contribution in [2.45, 2.75) is 43.4 Å². The van der Waals surface area contributed by atoms with Crippen molar-refractivity contribution >= 4 is 9.84 Å². The second kappa shape index (κ2) is 5.19. The number of nitrogens with one attached hydrogen (secondary N) is 1. The second-order valence-corrected chi connectivity index (χ2v) is 7.67. The lowest BCUT2D eigenvalue weighted by atomic mass is 10.1. The third-order valence-electron chi connectivity index (χ3n) is 2.52. The van der Waals surface area contributed by atoms with Crippen molar-refractivity contribution in [1.82, 2.24) is 5.32 Å². The van der Waals surface area contributed by atoms with E-state index in [1.54, 1.807) is 31.2 Å². The van der Waals surface area contributed by atoms with Crippen molar-refractivity contribution in [3.8, 4) is 0 Å². The number of benzene rings is 1. The lowest BCUT2D eigenvalue weighted by Crippen LogP contribution is -2.42. The largest absolute Gasteiger partial charge is 0.311 e. The molecule has 0 aliphatic rings. The van der Waals surface area contributed by atoms with Gasteiger partial charge < -0.3 is 5.32 Å². The van der Waals surface area contributed by atoms with Crippen LogP contribution in [0.3, 0.4) is 0 Å². The van der Waals surface area contributed by atoms with Gasteiger partial charge in [0.25, 0.3) is 0 Å². The maximum atomic E-state index is 12.2. The van der Waals surface area contributed by atoms with Crippen LogP contribution in [-0.4, -0.2) is 25.8 Å². The third kappa shape index (κ3) is 4.13. The molecule has 0 heterocycles. The molecule has 0 spiro atoms. The van der Waals surface area contributed by atoms with E-state index in [0.717, 1.165) is 0 Å². The van der Waals surface area contributed by atoms with Crippen molar-refractivity contribution in [3.63, 3.8) is 0 Å². The summed E-state index contributed by atoms with van der Waals surface area (Å²) in [5, 5.41) is 2.79. The van der Waals surface area contributed by atoms with Gasteiger partial charge in [-0.1, -0.05) is 18.2 Å². The molecule has 0 bridgehead atoms. The van der Waals surface area contributed by atoms with E-state index >= 15 is 0 Å². The van der Waals surface area contributed by atoms with Gasteiger partial charge in [-0.05, 0) is 39.8 Å². The molecule has 0 aliphatic carbocycles. The van der Waals surface area contributed by atoms with Crippen LogP contribution in [0.4, 0.5) is 0 Å². The molecule has 0 saturated heterocycles. The standard InChI is InChI=1S/C13H21NO2S/c1-11(10-14-13(2,3)4)17(15,16)12-8-6-5-7-9-12/h5-9,11,14H,10H2,1-4H3. The van der Waals surface area contributed by atoms with Crippen LogP contribution in [-0.2, 0) is 9.84 Å². The van der Waals surface area contributed by atoms with Gasteiger partial charge in [-0.2, -0.15) is 0 Å². The normalized spacial score (nSPS) is 14.6. The summed E-state index contributed by atoms with van der Waals surface area (Å²) in [5.74, 6) is 0. The summed E-state index contributed by atoms with van der Waals surface area (Å²) in [6, 6.07) is 8.59. The Morgan fingerprint density at radius 3 is 2.18 bits per heavy atom. The molecule has 3 nitrogen and oxygen atoms in total. The average molecular weight is 255 g/mol. The van der Waals surface area contributed by atoms with E-state index in [0.29, 0.717) is 11.4 Å². The summed E-state index contributed by atoms with van der Waals surface area (Å²) in [6.07, 6.45) is 0. The number of rotatable bonds is 4. The Bertz CT molecular complexity index is 446. The van der Waals surface area contributed by atoms with Gasteiger partial charge in [0.2, 0.25) is 0 Å². The average Bonchev–Trinajstić information content (AvgIpc) is 2.26. The summed E-state index contributed by atoms with van der Waals surface area (Å²) >= 11 is 0. The topological polar surface area (TPSA) is 46.2 Å². The first-order valence-corrected chi connectivity index (χ1v) is 7.32. The minimum atomic E-state index is -3.22. The zero-order valence-corrected chi connectivity index (χ0v) is 11.7. The zero-order valence-electron chi connectivity index (χ0n) is 10.9. The van der Waals surface area contributed by atoms with E-state index in [2.05, 4.69) is 5.32 Å². The fourth-order valence-electron chi connectivity index (χ4n) is 1.40. The first kappa shape index (κ1) is 14.2. The number of sulfone groups is 1. The summed E-state index contributed by atoms with van der Waals surface area (Å²) in [6.45, 7) is 8.26. The maximum absolute atomic E-state index is 12.2. The van der Waals surface area contributed by atoms with Crippen LogP contribution in [0.5, 0.6) is 0 Å². The highest BCUT2D eigenvalue weighted by molar-refractivity contribution is 7.92. The molecule has 96 valence electrons. The Morgan fingerprint density at radius 1 is 1.18 bits per heavy atom. The van der Waals surface area contributed by atoms with Crippen LogP contribution in [0.15, 0.2) is 35.2 Å². The Balaban J connectivity index is 2.79. The van der Waals surface area contributed by atoms with E-state index in [1.807, 2.05) is 26.8 Å². The predicted molar refractivity (Wildman–Crippen MR) is 70.8 cm³/mol. The molecule has 0 saturated carbocycles. The molecular formula is C13H21NO2S. The fourth-order valence-corrected chi connectivity index (χ4v) is 2.71. The van der Waals surface area contributed by atoms with Gasteiger partial charge in [-0.15, -0.1) is 0 Å². The maximum Gasteiger partial charge on any atom is 0.182 e. The first-order valence-electron chi connectivity index (χ1n) is 5.77. The highest BCUT2D eigenvalue weighted by Gasteiger charge is 2.24. The quantitative estimate of drug-likeness (QED) is 0.897. The van der Waals surface area contributed by atoms with Crippen molar-refractivity contribution in [2.75, 3.05) is 6.54 Å². The minimum absolute atomic E-state index is 0.0690. The van der Waals surface area contributed by atoms with Crippen LogP contribution in [0.2, 0.25) is 0 Å². The molecule has 4 heteroatoms. The predicted octanol–water partition coefficient (Wildman–Crippen LogP) is 2.24. The molecule has 0 aromatic heterocycles. The Kier molecular flexibility index (Phi) is 4.33. The molecule has 1 rings (SSSR count). The van der Waals surface area contributed by atoms with Crippen LogP contribution in [0, 0.1) is 0 Å². The highest BCUT2D eigenvalue weighted by Crippen LogP contribution is 2.15. The van der Waals surface area contributed by atoms with E-state index in [9.17, 15) is 8.42 Å². The molecule has 0 amide bonds. The fraction of sp³-hybridized carbons (Fsp3) is 0.538. The van der Waals surface area contributed by atoms with E-state index in [-0.39, 0.29) is 5.54 Å². The highest BCUT2D eigenvalue weighted by atomic mass is 32.2. The van der Waals surface area contributed by atoms with E-state index in [1.165, 1.54) is 0 Å². The summed E-state index contributed by atoms with van der Waals surface area (Å²) in [4.78, 5) is 0.392. The molecule has 0 aliphatic heterocycles. The smallest absolute Gasteiger partial charge is 0.182 e. The van der Waals surface area contributed by atoms with Crippen LogP contribution in [0.25, 0.3) is 0 Å². The Hall–Kier alpha value is -0.870. The molecule has 17 heavy (non-hydrogen) atoms. The molecular weight excluding hydrogens is 234 g/mol. The lowest BCUT2D eigenvalue weighted by molar-refractivity contribution is 0.425. The zero-order chi connectivity index (χ0) is 13.1. The summed E-state index contributed by atoms with van der Waals surface area (Å²) < 4.78 is 24.4. The summed E-state index contributed by atoms with van der Waals surface area (Å²) in [5.41, 5.74) is -0.0690. The van der Waals surface area contributed by atoms with Gasteiger partial charge in [0.1, 0.15) is 0 Å². The second-order valence-electron chi connectivity index (χ2n) is 5.30. The molecule has 1 aromatic rings. The third-order valence-corrected chi connectivity index (χ3v) is 4.68. The van der Waals surface area contributed by atoms with Gasteiger partial charge in [-0.25, -0.2) is 8.42 Å². The van der Waals surface area contributed by atoms with E-state index in [4.69, 9.17) is 0 Å². The van der Waals surface area contributed by atoms with Crippen LogP contribution >= 0.6 is 0 Å². The molecule has 0 radical (unpaired) electrons. The van der Waals surface area contributed by atoms with Crippen molar-refractivity contribution in [3.05, 3.63) is 30.3 Å². The van der Waals surface area contributed by atoms with Crippen LogP contribution < -0.4 is 5.32 Å². The van der Waals surface area contributed by atoms with Gasteiger partial charge in [0, 0.05) is 12.1 Å². The lowest BCUT2D eigenvalue weighted by Gasteiger charge is -2.23. The van der Waals surface area contributed by atoms with Gasteiger partial charge in [-0.3, -0.25) is 0 Å². The van der Waals surface area contributed by atoms with Crippen molar-refractivity contribution in [1.29, 1.82) is 0 Å². The van der Waals surface area contributed by atoms with Crippen LogP contribution in [0.1, 0.15) is 27.7 Å². The molecule has 1 N–H and O–H groups in total. The molecule has 1 aromatic carbocycles. The number of hydrogen-bond donors (Lipinski definition) is 1. The van der Waals surface area contributed by atoms with Gasteiger partial charge in [0.15, 0.2) is 9.84 Å². The molecule has 1 atom stereocenters. The monoisotopic (exact) mass is 255 g/mol. The van der Waals surface area contributed by atoms with Crippen molar-refractivity contribution in [2.24, 2.45) is 0 Å². The minimum Gasteiger partial charge on any atom is -0.311 e. The summed E-state index contributed by atoms with van der Waals surface area (Å²) in [7, 11) is -3.22. The Labute approximate surface area is 104 Å².